The average molecular weight is 586 g/mol. The predicted molar refractivity (Wildman–Crippen MR) is 162 cm³/mol. The maximum Gasteiger partial charge on any atom is 0.407 e. The third kappa shape index (κ3) is 9.86. The van der Waals surface area contributed by atoms with Gasteiger partial charge in [0.05, 0.1) is 30.9 Å². The van der Waals surface area contributed by atoms with E-state index in [1.165, 1.54) is 7.11 Å². The van der Waals surface area contributed by atoms with Gasteiger partial charge in [-0.3, -0.25) is 0 Å². The Kier molecular flexibility index (Phi) is 10.7. The number of para-hydroxylation sites is 1. The maximum absolute atomic E-state index is 13.0. The van der Waals surface area contributed by atoms with Gasteiger partial charge in [0, 0.05) is 0 Å². The van der Waals surface area contributed by atoms with E-state index >= 15 is 0 Å². The summed E-state index contributed by atoms with van der Waals surface area (Å²) in [6.07, 6.45) is 0.345. The van der Waals surface area contributed by atoms with E-state index in [1.54, 1.807) is 12.1 Å². The lowest BCUT2D eigenvalue weighted by Crippen LogP contribution is -2.54. The van der Waals surface area contributed by atoms with Crippen LogP contribution in [0, 0.1) is 0 Å². The molecule has 0 aromatic heterocycles. The Bertz CT molecular complexity index is 1140. The van der Waals surface area contributed by atoms with Gasteiger partial charge in [0.2, 0.25) is 0 Å². The highest BCUT2D eigenvalue weighted by Gasteiger charge is 2.44. The fraction of sp³-hybridized carbons (Fsp3) is 0.562. The van der Waals surface area contributed by atoms with Crippen molar-refractivity contribution in [3.63, 3.8) is 0 Å². The third-order valence-corrected chi connectivity index (χ3v) is 12.1. The molecule has 8 nitrogen and oxygen atoms in total. The van der Waals surface area contributed by atoms with E-state index in [-0.39, 0.29) is 35.9 Å². The summed E-state index contributed by atoms with van der Waals surface area (Å²) >= 11 is 0. The number of alkyl carbamates (subject to hydrolysis) is 1. The topological polar surface area (TPSA) is 95.6 Å². The first-order valence-electron chi connectivity index (χ1n) is 14.3. The van der Waals surface area contributed by atoms with Crippen LogP contribution >= 0.6 is 0 Å². The van der Waals surface area contributed by atoms with Gasteiger partial charge in [0.15, 0.2) is 8.32 Å². The van der Waals surface area contributed by atoms with Gasteiger partial charge in [-0.1, -0.05) is 51.1 Å². The van der Waals surface area contributed by atoms with Crippen molar-refractivity contribution in [1.29, 1.82) is 0 Å². The Morgan fingerprint density at radius 3 is 2.17 bits per heavy atom. The van der Waals surface area contributed by atoms with E-state index in [2.05, 4.69) is 39.2 Å². The van der Waals surface area contributed by atoms with Crippen LogP contribution < -0.4 is 10.1 Å². The van der Waals surface area contributed by atoms with Crippen LogP contribution in [0.4, 0.5) is 4.79 Å². The standard InChI is InChI=1S/C32H47NO7Si/c1-31(2,3)39-30(35)33-25(19-20-26-28(38-26)22-15-17-23(18-16-22)29(34)36-7)27(40-41(8,9)32(4,5)6)21-37-24-13-11-10-12-14-24/h10-18,25-28H,19-21H2,1-9H3,(H,33,35)/t25-,26?,27-,28?/m1/s1. The molecular formula is C32H47NO7Si. The minimum Gasteiger partial charge on any atom is -0.491 e. The van der Waals surface area contributed by atoms with E-state index in [0.29, 0.717) is 18.4 Å². The number of carbonyl (C=O) groups excluding carboxylic acids is 2. The smallest absolute Gasteiger partial charge is 0.407 e. The first-order valence-corrected chi connectivity index (χ1v) is 17.2. The largest absolute Gasteiger partial charge is 0.491 e. The number of amides is 1. The van der Waals surface area contributed by atoms with Crippen LogP contribution in [-0.2, 0) is 18.6 Å². The number of ether oxygens (including phenoxy) is 4. The Balaban J connectivity index is 1.77. The van der Waals surface area contributed by atoms with Gasteiger partial charge in [-0.25, -0.2) is 9.59 Å². The number of epoxide rings is 1. The highest BCUT2D eigenvalue weighted by molar-refractivity contribution is 6.74. The van der Waals surface area contributed by atoms with Crippen LogP contribution in [0.2, 0.25) is 18.1 Å². The number of carbonyl (C=O) groups is 2. The molecule has 1 amide bonds. The molecule has 2 aromatic carbocycles. The zero-order valence-electron chi connectivity index (χ0n) is 26.0. The van der Waals surface area contributed by atoms with Crippen molar-refractivity contribution in [2.75, 3.05) is 13.7 Å². The number of rotatable bonds is 12. The Hall–Kier alpha value is -2.88. The summed E-state index contributed by atoms with van der Waals surface area (Å²) in [7, 11) is -0.867. The minimum atomic E-state index is -2.23. The van der Waals surface area contributed by atoms with Gasteiger partial charge >= 0.3 is 12.1 Å². The number of esters is 1. The van der Waals surface area contributed by atoms with E-state index in [0.717, 1.165) is 11.3 Å². The second kappa shape index (κ2) is 13.4. The number of hydrogen-bond acceptors (Lipinski definition) is 7. The molecule has 1 fully saturated rings. The molecule has 9 heteroatoms. The van der Waals surface area contributed by atoms with Crippen molar-refractivity contribution in [1.82, 2.24) is 5.32 Å². The van der Waals surface area contributed by atoms with E-state index in [1.807, 2.05) is 63.2 Å². The molecule has 1 aliphatic rings. The van der Waals surface area contributed by atoms with Crippen LogP contribution in [0.25, 0.3) is 0 Å². The molecule has 4 atom stereocenters. The Labute approximate surface area is 246 Å². The average Bonchev–Trinajstić information content (AvgIpc) is 3.67. The number of benzene rings is 2. The minimum absolute atomic E-state index is 0.00882. The van der Waals surface area contributed by atoms with Gasteiger partial charge in [0.25, 0.3) is 0 Å². The lowest BCUT2D eigenvalue weighted by Gasteiger charge is -2.41. The summed E-state index contributed by atoms with van der Waals surface area (Å²) in [4.78, 5) is 24.8. The number of methoxy groups -OCH3 is 1. The van der Waals surface area contributed by atoms with Crippen LogP contribution in [0.5, 0.6) is 5.75 Å². The van der Waals surface area contributed by atoms with Crippen molar-refractivity contribution in [3.8, 4) is 5.75 Å². The second-order valence-electron chi connectivity index (χ2n) is 13.1. The van der Waals surface area contributed by atoms with Crippen molar-refractivity contribution >= 4 is 20.4 Å². The van der Waals surface area contributed by atoms with Gasteiger partial charge in [-0.15, -0.1) is 0 Å². The van der Waals surface area contributed by atoms with Gasteiger partial charge in [-0.05, 0) is 81.6 Å². The Morgan fingerprint density at radius 1 is 0.976 bits per heavy atom. The molecule has 0 aliphatic carbocycles. The molecule has 2 unspecified atom stereocenters. The molecule has 0 radical (unpaired) electrons. The van der Waals surface area contributed by atoms with Gasteiger partial charge in [-0.2, -0.15) is 0 Å². The summed E-state index contributed by atoms with van der Waals surface area (Å²) in [5.41, 5.74) is 0.867. The fourth-order valence-corrected chi connectivity index (χ4v) is 5.56. The van der Waals surface area contributed by atoms with E-state index in [4.69, 9.17) is 23.4 Å². The van der Waals surface area contributed by atoms with Crippen molar-refractivity contribution in [2.45, 2.75) is 102 Å². The fourth-order valence-electron chi connectivity index (χ4n) is 4.22. The zero-order chi connectivity index (χ0) is 30.4. The molecule has 3 rings (SSSR count). The number of nitrogens with one attached hydrogen (secondary N) is 1. The highest BCUT2D eigenvalue weighted by Crippen LogP contribution is 2.42. The zero-order valence-corrected chi connectivity index (χ0v) is 27.0. The third-order valence-electron chi connectivity index (χ3n) is 7.57. The highest BCUT2D eigenvalue weighted by atomic mass is 28.4. The van der Waals surface area contributed by atoms with Crippen LogP contribution in [0.3, 0.4) is 0 Å². The molecule has 41 heavy (non-hydrogen) atoms. The first kappa shape index (κ1) is 32.6. The molecule has 226 valence electrons. The summed E-state index contributed by atoms with van der Waals surface area (Å²) in [5, 5.41) is 3.06. The lowest BCUT2D eigenvalue weighted by molar-refractivity contribution is 0.0357. The quantitative estimate of drug-likeness (QED) is 0.162. The van der Waals surface area contributed by atoms with Crippen LogP contribution in [0.15, 0.2) is 54.6 Å². The predicted octanol–water partition coefficient (Wildman–Crippen LogP) is 7.06. The van der Waals surface area contributed by atoms with Crippen LogP contribution in [0.1, 0.15) is 76.4 Å². The first-order chi connectivity index (χ1) is 19.1. The molecule has 0 saturated carbocycles. The van der Waals surface area contributed by atoms with Crippen molar-refractivity contribution < 1.29 is 33.0 Å². The molecule has 2 aromatic rings. The van der Waals surface area contributed by atoms with Crippen molar-refractivity contribution in [2.24, 2.45) is 0 Å². The molecule has 0 bridgehead atoms. The SMILES string of the molecule is COC(=O)c1ccc(C2OC2CC[C@@H](NC(=O)OC(C)(C)C)[C@@H](COc2ccccc2)O[Si](C)(C)C(C)(C)C)cc1. The molecule has 0 spiro atoms. The lowest BCUT2D eigenvalue weighted by atomic mass is 10.0. The summed E-state index contributed by atoms with van der Waals surface area (Å²) in [6.45, 7) is 16.8. The Morgan fingerprint density at radius 2 is 1.61 bits per heavy atom. The molecule has 1 N–H and O–H groups in total. The summed E-state index contributed by atoms with van der Waals surface area (Å²) in [6, 6.07) is 16.5. The van der Waals surface area contributed by atoms with Crippen molar-refractivity contribution in [3.05, 3.63) is 65.7 Å². The monoisotopic (exact) mass is 585 g/mol. The van der Waals surface area contributed by atoms with E-state index < -0.39 is 26.1 Å². The second-order valence-corrected chi connectivity index (χ2v) is 17.8. The van der Waals surface area contributed by atoms with E-state index in [9.17, 15) is 9.59 Å². The molecule has 1 saturated heterocycles. The maximum atomic E-state index is 13.0. The summed E-state index contributed by atoms with van der Waals surface area (Å²) in [5.74, 6) is 0.375. The molecule has 1 aliphatic heterocycles. The number of hydrogen-bond donors (Lipinski definition) is 1. The normalized spacial score (nSPS) is 18.7. The van der Waals surface area contributed by atoms with Gasteiger partial charge in [0.1, 0.15) is 24.1 Å². The van der Waals surface area contributed by atoms with Gasteiger partial charge < -0.3 is 28.7 Å². The molecular weight excluding hydrogens is 538 g/mol. The summed E-state index contributed by atoms with van der Waals surface area (Å²) < 4.78 is 29.5. The van der Waals surface area contributed by atoms with Crippen LogP contribution in [-0.4, -0.2) is 57.9 Å². The molecule has 1 heterocycles.